The van der Waals surface area contributed by atoms with Crippen LogP contribution in [-0.4, -0.2) is 33.6 Å². The van der Waals surface area contributed by atoms with E-state index in [4.69, 9.17) is 5.11 Å². The highest BCUT2D eigenvalue weighted by Gasteiger charge is 2.41. The number of thiazole rings is 1. The van der Waals surface area contributed by atoms with Gasteiger partial charge >= 0.3 is 5.97 Å². The van der Waals surface area contributed by atoms with Gasteiger partial charge in [0.2, 0.25) is 0 Å². The molecule has 1 aromatic rings. The van der Waals surface area contributed by atoms with Crippen molar-refractivity contribution in [2.45, 2.75) is 24.5 Å². The summed E-state index contributed by atoms with van der Waals surface area (Å²) in [6.45, 7) is 2.60. The van der Waals surface area contributed by atoms with Gasteiger partial charge in [-0.2, -0.15) is 11.8 Å². The van der Waals surface area contributed by atoms with Gasteiger partial charge in [0.1, 0.15) is 4.88 Å². The van der Waals surface area contributed by atoms with Crippen molar-refractivity contribution in [1.82, 2.24) is 4.98 Å². The van der Waals surface area contributed by atoms with Crippen LogP contribution >= 0.6 is 23.1 Å². The molecule has 1 aliphatic carbocycles. The molecule has 0 aliphatic heterocycles. The Bertz CT molecular complexity index is 413. The molecule has 4 nitrogen and oxygen atoms in total. The summed E-state index contributed by atoms with van der Waals surface area (Å²) >= 11 is 3.09. The number of hydrogen-bond donors (Lipinski definition) is 2. The maximum absolute atomic E-state index is 10.8. The molecule has 16 heavy (non-hydrogen) atoms. The molecule has 0 unspecified atom stereocenters. The lowest BCUT2D eigenvalue weighted by Gasteiger charge is -2.11. The first-order valence-electron chi connectivity index (χ1n) is 5.06. The number of carboxylic acid groups (broad SMARTS) is 1. The summed E-state index contributed by atoms with van der Waals surface area (Å²) in [7, 11) is 0. The Labute approximate surface area is 102 Å². The highest BCUT2D eigenvalue weighted by Crippen LogP contribution is 2.47. The topological polar surface area (TPSA) is 62.2 Å². The third-order valence-electron chi connectivity index (χ3n) is 2.79. The maximum Gasteiger partial charge on any atom is 0.347 e. The van der Waals surface area contributed by atoms with E-state index in [9.17, 15) is 4.79 Å². The average Bonchev–Trinajstić information content (AvgIpc) is 2.93. The summed E-state index contributed by atoms with van der Waals surface area (Å²) in [6.07, 6.45) is 4.58. The second-order valence-corrected chi connectivity index (χ2v) is 6.25. The molecule has 1 heterocycles. The van der Waals surface area contributed by atoms with Gasteiger partial charge in [-0.25, -0.2) is 9.78 Å². The zero-order valence-corrected chi connectivity index (χ0v) is 10.9. The predicted molar refractivity (Wildman–Crippen MR) is 67.8 cm³/mol. The smallest absolute Gasteiger partial charge is 0.347 e. The lowest BCUT2D eigenvalue weighted by molar-refractivity contribution is 0.0701. The van der Waals surface area contributed by atoms with E-state index in [0.717, 1.165) is 11.7 Å². The normalized spacial score (nSPS) is 17.1. The number of nitrogens with one attached hydrogen (secondary N) is 1. The van der Waals surface area contributed by atoms with Crippen LogP contribution in [0.1, 0.15) is 28.2 Å². The number of thioether (sulfide) groups is 1. The molecule has 2 N–H and O–H groups in total. The Morgan fingerprint density at radius 3 is 2.81 bits per heavy atom. The fraction of sp³-hybridized carbons (Fsp3) is 0.600. The van der Waals surface area contributed by atoms with Gasteiger partial charge < -0.3 is 10.4 Å². The van der Waals surface area contributed by atoms with Gasteiger partial charge in [-0.3, -0.25) is 0 Å². The number of hydrogen-bond acceptors (Lipinski definition) is 5. The molecule has 0 bridgehead atoms. The van der Waals surface area contributed by atoms with Gasteiger partial charge in [0.05, 0.1) is 5.69 Å². The Morgan fingerprint density at radius 1 is 1.69 bits per heavy atom. The monoisotopic (exact) mass is 258 g/mol. The van der Waals surface area contributed by atoms with E-state index in [-0.39, 0.29) is 0 Å². The van der Waals surface area contributed by atoms with Crippen molar-refractivity contribution < 1.29 is 9.90 Å². The van der Waals surface area contributed by atoms with Crippen molar-refractivity contribution in [2.75, 3.05) is 18.1 Å². The molecule has 1 fully saturated rings. The first kappa shape index (κ1) is 11.7. The Kier molecular flexibility index (Phi) is 3.12. The lowest BCUT2D eigenvalue weighted by Crippen LogP contribution is -2.17. The van der Waals surface area contributed by atoms with Crippen molar-refractivity contribution in [3.05, 3.63) is 10.6 Å². The van der Waals surface area contributed by atoms with E-state index < -0.39 is 5.97 Å². The third kappa shape index (κ3) is 2.32. The molecule has 0 saturated heterocycles. The van der Waals surface area contributed by atoms with Crippen molar-refractivity contribution in [3.63, 3.8) is 0 Å². The first-order valence-corrected chi connectivity index (χ1v) is 7.10. The number of rotatable bonds is 5. The lowest BCUT2D eigenvalue weighted by atomic mass is 10.4. The highest BCUT2D eigenvalue weighted by atomic mass is 32.2. The second-order valence-electron chi connectivity index (χ2n) is 3.98. The van der Waals surface area contributed by atoms with Gasteiger partial charge in [-0.05, 0) is 26.0 Å². The fourth-order valence-electron chi connectivity index (χ4n) is 1.50. The van der Waals surface area contributed by atoms with Crippen LogP contribution in [0.2, 0.25) is 0 Å². The average molecular weight is 258 g/mol. The number of aromatic nitrogens is 1. The van der Waals surface area contributed by atoms with Crippen LogP contribution < -0.4 is 5.32 Å². The molecule has 1 saturated carbocycles. The molecular weight excluding hydrogens is 244 g/mol. The molecular formula is C10H14N2O2S2. The molecule has 6 heteroatoms. The zero-order chi connectivity index (χ0) is 11.8. The second kappa shape index (κ2) is 4.25. The Balaban J connectivity index is 2.00. The standard InChI is InChI=1S/C10H14N2O2S2/c1-6-7(8(13)14)16-9(12-6)11-5-10(15-2)3-4-10/h3-5H2,1-2H3,(H,11,12)(H,13,14). The molecule has 2 rings (SSSR count). The quantitative estimate of drug-likeness (QED) is 0.849. The number of carbonyl (C=O) groups is 1. The van der Waals surface area contributed by atoms with Crippen LogP contribution in [0.15, 0.2) is 0 Å². The Morgan fingerprint density at radius 2 is 2.38 bits per heavy atom. The molecule has 0 aromatic carbocycles. The number of anilines is 1. The zero-order valence-electron chi connectivity index (χ0n) is 9.24. The molecule has 0 radical (unpaired) electrons. The summed E-state index contributed by atoms with van der Waals surface area (Å²) in [5.41, 5.74) is 0.592. The fourth-order valence-corrected chi connectivity index (χ4v) is 3.03. The van der Waals surface area contributed by atoms with Gasteiger partial charge in [0.15, 0.2) is 5.13 Å². The van der Waals surface area contributed by atoms with E-state index in [1.165, 1.54) is 24.2 Å². The number of nitrogens with zero attached hydrogens (tertiary/aromatic N) is 1. The molecule has 88 valence electrons. The van der Waals surface area contributed by atoms with Gasteiger partial charge in [0.25, 0.3) is 0 Å². The van der Waals surface area contributed by atoms with Crippen molar-refractivity contribution in [3.8, 4) is 0 Å². The molecule has 0 spiro atoms. The molecule has 0 amide bonds. The SMILES string of the molecule is CSC1(CNc2nc(C)c(C(=O)O)s2)CC1. The minimum atomic E-state index is -0.894. The van der Waals surface area contributed by atoms with E-state index in [1.54, 1.807) is 6.92 Å². The maximum atomic E-state index is 10.8. The number of aromatic carboxylic acids is 1. The van der Waals surface area contributed by atoms with Gasteiger partial charge in [-0.15, -0.1) is 0 Å². The third-order valence-corrected chi connectivity index (χ3v) is 5.32. The first-order chi connectivity index (χ1) is 7.56. The van der Waals surface area contributed by atoms with Gasteiger partial charge in [-0.1, -0.05) is 11.3 Å². The van der Waals surface area contributed by atoms with Crippen LogP contribution in [0.25, 0.3) is 0 Å². The summed E-state index contributed by atoms with van der Waals surface area (Å²) < 4.78 is 0.364. The van der Waals surface area contributed by atoms with E-state index >= 15 is 0 Å². The summed E-state index contributed by atoms with van der Waals surface area (Å²) in [6, 6.07) is 0. The van der Waals surface area contributed by atoms with E-state index in [2.05, 4.69) is 16.6 Å². The minimum Gasteiger partial charge on any atom is -0.477 e. The van der Waals surface area contributed by atoms with Crippen LogP contribution in [0.5, 0.6) is 0 Å². The highest BCUT2D eigenvalue weighted by molar-refractivity contribution is 8.00. The number of carboxylic acids is 1. The predicted octanol–water partition coefficient (Wildman–Crippen LogP) is 2.46. The minimum absolute atomic E-state index is 0.330. The van der Waals surface area contributed by atoms with Crippen LogP contribution in [0.4, 0.5) is 5.13 Å². The van der Waals surface area contributed by atoms with E-state index in [0.29, 0.717) is 15.3 Å². The summed E-state index contributed by atoms with van der Waals surface area (Å²) in [5.74, 6) is -0.894. The summed E-state index contributed by atoms with van der Waals surface area (Å²) in [4.78, 5) is 15.4. The van der Waals surface area contributed by atoms with Crippen LogP contribution in [-0.2, 0) is 0 Å². The van der Waals surface area contributed by atoms with Crippen molar-refractivity contribution in [1.29, 1.82) is 0 Å². The number of aryl methyl sites for hydroxylation is 1. The van der Waals surface area contributed by atoms with Crippen LogP contribution in [0, 0.1) is 6.92 Å². The van der Waals surface area contributed by atoms with Crippen LogP contribution in [0.3, 0.4) is 0 Å². The van der Waals surface area contributed by atoms with Crippen molar-refractivity contribution >= 4 is 34.2 Å². The van der Waals surface area contributed by atoms with Crippen molar-refractivity contribution in [2.24, 2.45) is 0 Å². The molecule has 1 aliphatic rings. The van der Waals surface area contributed by atoms with Gasteiger partial charge in [0, 0.05) is 11.3 Å². The molecule has 1 aromatic heterocycles. The molecule has 0 atom stereocenters. The Hall–Kier alpha value is -0.750. The largest absolute Gasteiger partial charge is 0.477 e. The summed E-state index contributed by atoms with van der Waals surface area (Å²) in [5, 5.41) is 12.9. The van der Waals surface area contributed by atoms with E-state index in [1.807, 2.05) is 11.8 Å².